The number of primary sulfonamides is 1. The smallest absolute Gasteiger partial charge is 0.238 e. The summed E-state index contributed by atoms with van der Waals surface area (Å²) in [7, 11) is -3.77. The van der Waals surface area contributed by atoms with Crippen molar-refractivity contribution in [2.45, 2.75) is 30.6 Å². The zero-order valence-electron chi connectivity index (χ0n) is 20.3. The number of carbonyl (C=O) groups excluding carboxylic acids is 1. The maximum Gasteiger partial charge on any atom is 0.238 e. The highest BCUT2D eigenvalue weighted by molar-refractivity contribution is 7.89. The van der Waals surface area contributed by atoms with Crippen LogP contribution in [0.15, 0.2) is 72.0 Å². The number of ketones is 1. The molecule has 1 saturated heterocycles. The van der Waals surface area contributed by atoms with Gasteiger partial charge in [0.15, 0.2) is 5.78 Å². The van der Waals surface area contributed by atoms with Gasteiger partial charge in [0.25, 0.3) is 0 Å². The fraction of sp³-hybridized carbons (Fsp3) is 0.259. The van der Waals surface area contributed by atoms with Crippen molar-refractivity contribution in [3.8, 4) is 11.1 Å². The molecule has 0 radical (unpaired) electrons. The van der Waals surface area contributed by atoms with Crippen molar-refractivity contribution < 1.29 is 13.2 Å². The second-order valence-electron chi connectivity index (χ2n) is 9.17. The lowest BCUT2D eigenvalue weighted by Crippen LogP contribution is -2.21. The Kier molecular flexibility index (Phi) is 7.22. The number of fused-ring (bicyclic) bond motifs is 1. The molecular formula is C27H28N6O3S. The van der Waals surface area contributed by atoms with E-state index in [0.29, 0.717) is 29.1 Å². The first-order valence-corrected chi connectivity index (χ1v) is 13.8. The summed E-state index contributed by atoms with van der Waals surface area (Å²) in [5.41, 5.74) is 3.57. The van der Waals surface area contributed by atoms with Crippen LogP contribution < -0.4 is 10.5 Å². The van der Waals surface area contributed by atoms with Crippen LogP contribution >= 0.6 is 0 Å². The Bertz CT molecular complexity index is 1530. The molecule has 2 aromatic carbocycles. The third-order valence-electron chi connectivity index (χ3n) is 6.50. The van der Waals surface area contributed by atoms with Crippen molar-refractivity contribution in [2.75, 3.05) is 25.0 Å². The lowest BCUT2D eigenvalue weighted by Gasteiger charge is -2.13. The average molecular weight is 517 g/mol. The van der Waals surface area contributed by atoms with Crippen LogP contribution in [-0.2, 0) is 10.0 Å². The van der Waals surface area contributed by atoms with Crippen LogP contribution in [0.5, 0.6) is 0 Å². The van der Waals surface area contributed by atoms with E-state index in [4.69, 9.17) is 10.1 Å². The van der Waals surface area contributed by atoms with Gasteiger partial charge >= 0.3 is 0 Å². The van der Waals surface area contributed by atoms with Gasteiger partial charge in [-0.15, -0.1) is 0 Å². The topological polar surface area (TPSA) is 131 Å². The van der Waals surface area contributed by atoms with Crippen LogP contribution in [0.25, 0.3) is 22.0 Å². The van der Waals surface area contributed by atoms with Gasteiger partial charge in [-0.25, -0.2) is 23.5 Å². The number of aromatic nitrogens is 3. The highest BCUT2D eigenvalue weighted by Crippen LogP contribution is 2.29. The Morgan fingerprint density at radius 1 is 1.03 bits per heavy atom. The van der Waals surface area contributed by atoms with Crippen molar-refractivity contribution in [1.82, 2.24) is 19.9 Å². The van der Waals surface area contributed by atoms with E-state index in [1.807, 2.05) is 24.3 Å². The minimum absolute atomic E-state index is 0.0257. The number of para-hydroxylation sites is 1. The number of pyridine rings is 1. The Balaban J connectivity index is 1.36. The Hall–Kier alpha value is -3.73. The summed E-state index contributed by atoms with van der Waals surface area (Å²) in [4.78, 5) is 28.7. The predicted molar refractivity (Wildman–Crippen MR) is 143 cm³/mol. The number of benzene rings is 2. The maximum atomic E-state index is 12.9. The fourth-order valence-corrected chi connectivity index (χ4v) is 5.07. The van der Waals surface area contributed by atoms with Gasteiger partial charge in [-0.1, -0.05) is 18.2 Å². The van der Waals surface area contributed by atoms with Crippen molar-refractivity contribution in [1.29, 1.82) is 0 Å². The molecule has 3 N–H and O–H groups in total. The highest BCUT2D eigenvalue weighted by Gasteiger charge is 2.14. The first-order chi connectivity index (χ1) is 17.9. The van der Waals surface area contributed by atoms with Gasteiger partial charge in [-0.05, 0) is 69.2 Å². The molecule has 5 rings (SSSR count). The molecule has 1 aliphatic rings. The summed E-state index contributed by atoms with van der Waals surface area (Å²) in [5, 5.41) is 9.11. The van der Waals surface area contributed by atoms with Crippen LogP contribution in [0.4, 0.5) is 11.6 Å². The third-order valence-corrected chi connectivity index (χ3v) is 7.43. The molecule has 0 atom stereocenters. The molecule has 0 amide bonds. The largest absolute Gasteiger partial charge is 0.324 e. The number of hydrogen-bond donors (Lipinski definition) is 2. The minimum Gasteiger partial charge on any atom is -0.324 e. The molecule has 0 spiro atoms. The molecule has 0 aliphatic carbocycles. The number of likely N-dealkylation sites (tertiary alicyclic amines) is 1. The Morgan fingerprint density at radius 2 is 1.81 bits per heavy atom. The fourth-order valence-electron chi connectivity index (χ4n) is 4.56. The molecule has 9 nitrogen and oxygen atoms in total. The lowest BCUT2D eigenvalue weighted by molar-refractivity contribution is 0.0975. The average Bonchev–Trinajstić information content (AvgIpc) is 3.42. The van der Waals surface area contributed by atoms with Gasteiger partial charge in [0.05, 0.1) is 10.4 Å². The van der Waals surface area contributed by atoms with Gasteiger partial charge < -0.3 is 10.2 Å². The Labute approximate surface area is 215 Å². The van der Waals surface area contributed by atoms with Crippen molar-refractivity contribution in [3.63, 3.8) is 0 Å². The molecule has 190 valence electrons. The van der Waals surface area contributed by atoms with E-state index in [-0.39, 0.29) is 10.7 Å². The molecular weight excluding hydrogens is 488 g/mol. The van der Waals surface area contributed by atoms with Crippen LogP contribution in [0, 0.1) is 0 Å². The van der Waals surface area contributed by atoms with Crippen LogP contribution in [0.2, 0.25) is 0 Å². The molecule has 4 aromatic rings. The van der Waals surface area contributed by atoms with E-state index in [1.165, 1.54) is 25.0 Å². The highest BCUT2D eigenvalue weighted by atomic mass is 32.2. The Morgan fingerprint density at radius 3 is 2.57 bits per heavy atom. The van der Waals surface area contributed by atoms with Gasteiger partial charge in [-0.2, -0.15) is 0 Å². The van der Waals surface area contributed by atoms with Gasteiger partial charge in [0.2, 0.25) is 16.0 Å². The van der Waals surface area contributed by atoms with Gasteiger partial charge in [0.1, 0.15) is 0 Å². The molecule has 0 saturated carbocycles. The van der Waals surface area contributed by atoms with Crippen molar-refractivity contribution >= 4 is 38.3 Å². The van der Waals surface area contributed by atoms with Crippen LogP contribution in [0.1, 0.15) is 36.0 Å². The number of Topliss-reactive ketones (excluding diaryl/α,β-unsaturated/α-hetero) is 1. The monoisotopic (exact) mass is 516 g/mol. The minimum atomic E-state index is -3.77. The van der Waals surface area contributed by atoms with Gasteiger partial charge in [0, 0.05) is 52.8 Å². The number of sulfonamides is 1. The zero-order valence-corrected chi connectivity index (χ0v) is 21.1. The maximum absolute atomic E-state index is 12.9. The van der Waals surface area contributed by atoms with E-state index < -0.39 is 10.0 Å². The quantitative estimate of drug-likeness (QED) is 0.317. The predicted octanol–water partition coefficient (Wildman–Crippen LogP) is 4.14. The summed E-state index contributed by atoms with van der Waals surface area (Å²) < 4.78 is 23.0. The molecule has 0 unspecified atom stereocenters. The zero-order chi connectivity index (χ0) is 25.8. The number of rotatable bonds is 9. The number of hydrogen-bond acceptors (Lipinski definition) is 8. The standard InChI is InChI=1S/C27H28N6O3S/c28-37(35,36)23-10-8-22(9-11-23)31-27-30-18-19-5-3-6-24(26(19)32-27)20-15-21(17-29-16-20)25(34)7-4-14-33-12-1-2-13-33/h3,5-6,8-11,15-18H,1-2,4,7,12-14H2,(H2,28,35,36)(H,30,31,32). The van der Waals surface area contributed by atoms with Crippen molar-refractivity contribution in [2.24, 2.45) is 5.14 Å². The summed E-state index contributed by atoms with van der Waals surface area (Å²) >= 11 is 0. The number of nitrogens with one attached hydrogen (secondary N) is 1. The summed E-state index contributed by atoms with van der Waals surface area (Å²) in [6, 6.07) is 13.7. The molecule has 1 fully saturated rings. The molecule has 10 heteroatoms. The summed E-state index contributed by atoms with van der Waals surface area (Å²) in [6.45, 7) is 3.22. The van der Waals surface area contributed by atoms with Crippen LogP contribution in [-0.4, -0.2) is 53.7 Å². The van der Waals surface area contributed by atoms with E-state index in [0.717, 1.165) is 42.6 Å². The van der Waals surface area contributed by atoms with Gasteiger partial charge in [-0.3, -0.25) is 9.78 Å². The summed E-state index contributed by atoms with van der Waals surface area (Å²) in [6.07, 6.45) is 8.91. The first-order valence-electron chi connectivity index (χ1n) is 12.2. The second kappa shape index (κ2) is 10.7. The number of carbonyl (C=O) groups is 1. The third kappa shape index (κ3) is 5.99. The molecule has 37 heavy (non-hydrogen) atoms. The van der Waals surface area contributed by atoms with E-state index in [1.54, 1.807) is 30.7 Å². The van der Waals surface area contributed by atoms with E-state index in [2.05, 4.69) is 20.2 Å². The normalized spacial score (nSPS) is 14.2. The SMILES string of the molecule is NS(=O)(=O)c1ccc(Nc2ncc3cccc(-c4cncc(C(=O)CCCN5CCCC5)c4)c3n2)cc1. The molecule has 1 aliphatic heterocycles. The molecule has 3 heterocycles. The number of nitrogens with two attached hydrogens (primary N) is 1. The second-order valence-corrected chi connectivity index (χ2v) is 10.7. The van der Waals surface area contributed by atoms with E-state index in [9.17, 15) is 13.2 Å². The van der Waals surface area contributed by atoms with Crippen molar-refractivity contribution in [3.05, 3.63) is 72.7 Å². The molecule has 2 aromatic heterocycles. The molecule has 0 bridgehead atoms. The first kappa shape index (κ1) is 24.9. The summed E-state index contributed by atoms with van der Waals surface area (Å²) in [5.74, 6) is 0.444. The lowest BCUT2D eigenvalue weighted by atomic mass is 10.0. The van der Waals surface area contributed by atoms with Crippen LogP contribution in [0.3, 0.4) is 0 Å². The number of anilines is 2. The number of nitrogens with zero attached hydrogens (tertiary/aromatic N) is 4. The van der Waals surface area contributed by atoms with E-state index >= 15 is 0 Å².